The Morgan fingerprint density at radius 2 is 2.22 bits per heavy atom. The van der Waals surface area contributed by atoms with Crippen LogP contribution in [0.4, 0.5) is 0 Å². The maximum absolute atomic E-state index is 6.55. The van der Waals surface area contributed by atoms with Gasteiger partial charge in [-0.15, -0.1) is 0 Å². The number of aryl methyl sites for hydroxylation is 2. The van der Waals surface area contributed by atoms with Crippen LogP contribution in [-0.4, -0.2) is 15.3 Å². The molecule has 0 amide bonds. The molecule has 0 spiro atoms. The summed E-state index contributed by atoms with van der Waals surface area (Å²) in [5.41, 5.74) is 8.56. The van der Waals surface area contributed by atoms with Gasteiger partial charge in [0.2, 0.25) is 0 Å². The lowest BCUT2D eigenvalue weighted by molar-refractivity contribution is 0.397. The van der Waals surface area contributed by atoms with Crippen molar-refractivity contribution in [3.05, 3.63) is 16.4 Å². The highest BCUT2D eigenvalue weighted by Gasteiger charge is 2.36. The number of rotatable bonds is 4. The largest absolute Gasteiger partial charge is 0.325 e. The van der Waals surface area contributed by atoms with Crippen LogP contribution in [0.1, 0.15) is 50.9 Å². The highest BCUT2D eigenvalue weighted by molar-refractivity contribution is 6.31. The molecule has 1 aliphatic rings. The molecular formula is C14H24ClN3. The second-order valence-corrected chi connectivity index (χ2v) is 6.12. The van der Waals surface area contributed by atoms with E-state index in [2.05, 4.69) is 18.9 Å². The van der Waals surface area contributed by atoms with Crippen LogP contribution < -0.4 is 5.73 Å². The molecule has 4 heteroatoms. The van der Waals surface area contributed by atoms with Crippen molar-refractivity contribution in [1.29, 1.82) is 0 Å². The molecule has 102 valence electrons. The molecule has 1 saturated carbocycles. The van der Waals surface area contributed by atoms with Gasteiger partial charge in [-0.1, -0.05) is 31.9 Å². The van der Waals surface area contributed by atoms with Crippen molar-refractivity contribution in [3.63, 3.8) is 0 Å². The summed E-state index contributed by atoms with van der Waals surface area (Å²) in [6.45, 7) is 4.33. The maximum atomic E-state index is 6.55. The Labute approximate surface area is 115 Å². The van der Waals surface area contributed by atoms with Crippen LogP contribution in [0.5, 0.6) is 0 Å². The zero-order chi connectivity index (χ0) is 13.3. The lowest BCUT2D eigenvalue weighted by Crippen LogP contribution is -2.40. The van der Waals surface area contributed by atoms with Gasteiger partial charge in [-0.2, -0.15) is 5.10 Å². The van der Waals surface area contributed by atoms with Gasteiger partial charge >= 0.3 is 0 Å². The van der Waals surface area contributed by atoms with Gasteiger partial charge in [0.05, 0.1) is 16.4 Å². The number of halogens is 1. The number of aromatic nitrogens is 2. The van der Waals surface area contributed by atoms with Crippen molar-refractivity contribution in [2.24, 2.45) is 18.7 Å². The first-order chi connectivity index (χ1) is 8.49. The topological polar surface area (TPSA) is 43.8 Å². The van der Waals surface area contributed by atoms with Gasteiger partial charge in [0.1, 0.15) is 0 Å². The van der Waals surface area contributed by atoms with Crippen LogP contribution in [0.3, 0.4) is 0 Å². The number of hydrogen-bond acceptors (Lipinski definition) is 2. The van der Waals surface area contributed by atoms with Crippen LogP contribution >= 0.6 is 11.6 Å². The summed E-state index contributed by atoms with van der Waals surface area (Å²) in [4.78, 5) is 0. The summed E-state index contributed by atoms with van der Waals surface area (Å²) >= 11 is 6.40. The zero-order valence-electron chi connectivity index (χ0n) is 11.7. The van der Waals surface area contributed by atoms with E-state index in [1.807, 2.05) is 11.7 Å². The third kappa shape index (κ3) is 2.57. The smallest absolute Gasteiger partial charge is 0.0850 e. The lowest BCUT2D eigenvalue weighted by Gasteiger charge is -2.24. The molecule has 1 fully saturated rings. The van der Waals surface area contributed by atoms with Crippen LogP contribution in [-0.2, 0) is 19.9 Å². The Balaban J connectivity index is 2.17. The molecule has 18 heavy (non-hydrogen) atoms. The summed E-state index contributed by atoms with van der Waals surface area (Å²) in [5.74, 6) is 0.785. The quantitative estimate of drug-likeness (QED) is 0.913. The van der Waals surface area contributed by atoms with Crippen molar-refractivity contribution < 1.29 is 0 Å². The summed E-state index contributed by atoms with van der Waals surface area (Å²) < 4.78 is 1.91. The molecule has 2 rings (SSSR count). The van der Waals surface area contributed by atoms with Gasteiger partial charge in [-0.05, 0) is 31.6 Å². The van der Waals surface area contributed by atoms with Crippen molar-refractivity contribution in [3.8, 4) is 0 Å². The van der Waals surface area contributed by atoms with Gasteiger partial charge in [0.15, 0.2) is 0 Å². The lowest BCUT2D eigenvalue weighted by atomic mass is 9.91. The van der Waals surface area contributed by atoms with Crippen LogP contribution in [0.25, 0.3) is 0 Å². The molecule has 1 aliphatic carbocycles. The van der Waals surface area contributed by atoms with Gasteiger partial charge in [0.25, 0.3) is 0 Å². The van der Waals surface area contributed by atoms with E-state index in [9.17, 15) is 0 Å². The fourth-order valence-corrected chi connectivity index (χ4v) is 3.49. The molecule has 1 aromatic heterocycles. The first-order valence-electron chi connectivity index (χ1n) is 6.98. The van der Waals surface area contributed by atoms with Crippen LogP contribution in [0.2, 0.25) is 5.02 Å². The van der Waals surface area contributed by atoms with E-state index in [-0.39, 0.29) is 5.54 Å². The Kier molecular flexibility index (Phi) is 4.02. The molecule has 2 N–H and O–H groups in total. The summed E-state index contributed by atoms with van der Waals surface area (Å²) in [7, 11) is 1.97. The second-order valence-electron chi connectivity index (χ2n) is 5.74. The minimum absolute atomic E-state index is 0.0802. The molecule has 0 aromatic carbocycles. The van der Waals surface area contributed by atoms with Gasteiger partial charge in [-0.25, -0.2) is 0 Å². The summed E-state index contributed by atoms with van der Waals surface area (Å²) in [6.07, 6.45) is 6.44. The van der Waals surface area contributed by atoms with Crippen molar-refractivity contribution in [1.82, 2.24) is 9.78 Å². The molecule has 2 unspecified atom stereocenters. The predicted molar refractivity (Wildman–Crippen MR) is 75.9 cm³/mol. The molecular weight excluding hydrogens is 246 g/mol. The minimum Gasteiger partial charge on any atom is -0.325 e. The third-order valence-corrected chi connectivity index (χ3v) is 4.78. The van der Waals surface area contributed by atoms with E-state index in [0.717, 1.165) is 48.0 Å². The van der Waals surface area contributed by atoms with Crippen molar-refractivity contribution >= 4 is 11.6 Å². The molecule has 2 atom stereocenters. The first-order valence-corrected chi connectivity index (χ1v) is 7.36. The van der Waals surface area contributed by atoms with Crippen molar-refractivity contribution in [2.75, 3.05) is 0 Å². The summed E-state index contributed by atoms with van der Waals surface area (Å²) in [5, 5.41) is 5.29. The van der Waals surface area contributed by atoms with E-state index < -0.39 is 0 Å². The van der Waals surface area contributed by atoms with Crippen molar-refractivity contribution in [2.45, 2.75) is 57.9 Å². The molecule has 0 aliphatic heterocycles. The van der Waals surface area contributed by atoms with Crippen LogP contribution in [0.15, 0.2) is 0 Å². The van der Waals surface area contributed by atoms with E-state index in [0.29, 0.717) is 0 Å². The average molecular weight is 270 g/mol. The van der Waals surface area contributed by atoms with E-state index in [4.69, 9.17) is 17.3 Å². The number of nitrogens with two attached hydrogens (primary N) is 1. The average Bonchev–Trinajstić information content (AvgIpc) is 2.85. The van der Waals surface area contributed by atoms with E-state index >= 15 is 0 Å². The van der Waals surface area contributed by atoms with E-state index in [1.165, 1.54) is 12.8 Å². The predicted octanol–water partition coefficient (Wildman–Crippen LogP) is 3.09. The van der Waals surface area contributed by atoms with Crippen LogP contribution in [0, 0.1) is 5.92 Å². The Morgan fingerprint density at radius 1 is 1.50 bits per heavy atom. The molecule has 3 nitrogen and oxygen atoms in total. The maximum Gasteiger partial charge on any atom is 0.0850 e. The van der Waals surface area contributed by atoms with Gasteiger partial charge in [-0.3, -0.25) is 4.68 Å². The number of hydrogen-bond donors (Lipinski definition) is 1. The first kappa shape index (κ1) is 13.9. The monoisotopic (exact) mass is 269 g/mol. The van der Waals surface area contributed by atoms with E-state index in [1.54, 1.807) is 0 Å². The second kappa shape index (κ2) is 5.22. The van der Waals surface area contributed by atoms with Gasteiger partial charge in [0, 0.05) is 19.0 Å². The third-order valence-electron chi connectivity index (χ3n) is 4.35. The molecule has 0 radical (unpaired) electrons. The molecule has 0 bridgehead atoms. The highest BCUT2D eigenvalue weighted by atomic mass is 35.5. The fraction of sp³-hybridized carbons (Fsp3) is 0.786. The Hall–Kier alpha value is -0.540. The fourth-order valence-electron chi connectivity index (χ4n) is 3.12. The molecule has 0 saturated heterocycles. The van der Waals surface area contributed by atoms with Gasteiger partial charge < -0.3 is 5.73 Å². The molecule has 1 heterocycles. The Morgan fingerprint density at radius 3 is 2.72 bits per heavy atom. The summed E-state index contributed by atoms with van der Waals surface area (Å²) in [6, 6.07) is 0. The minimum atomic E-state index is -0.0802. The Bertz CT molecular complexity index is 427. The highest BCUT2D eigenvalue weighted by Crippen LogP contribution is 2.38. The number of nitrogens with zero attached hydrogens (tertiary/aromatic N) is 2. The normalized spacial score (nSPS) is 27.9. The molecule has 1 aromatic rings. The zero-order valence-corrected chi connectivity index (χ0v) is 12.4. The SMILES string of the molecule is CCc1nn(C)c(CC2(N)CCC(CC)C2)c1Cl. The standard InChI is InChI=1S/C14H24ClN3/c1-4-10-6-7-14(16,8-10)9-12-13(15)11(5-2)17-18(12)3/h10H,4-9,16H2,1-3H3.